The number of ether oxygens (including phenoxy) is 1. The molecule has 25 heavy (non-hydrogen) atoms. The van der Waals surface area contributed by atoms with E-state index in [1.165, 1.54) is 0 Å². The smallest absolute Gasteiger partial charge is 0.265 e. The molecular formula is C20H24N2O3. The Morgan fingerprint density at radius 2 is 1.68 bits per heavy atom. The van der Waals surface area contributed by atoms with Crippen LogP contribution in [0.4, 0.5) is 5.69 Å². The molecule has 2 N–H and O–H groups in total. The normalized spacial score (nSPS) is 11.5. The third-order valence-corrected chi connectivity index (χ3v) is 3.65. The summed E-state index contributed by atoms with van der Waals surface area (Å²) in [7, 11) is 0. The minimum Gasteiger partial charge on any atom is -0.481 e. The molecule has 0 saturated heterocycles. The summed E-state index contributed by atoms with van der Waals surface area (Å²) in [4.78, 5) is 24.1. The average molecular weight is 340 g/mol. The van der Waals surface area contributed by atoms with Gasteiger partial charge < -0.3 is 15.4 Å². The van der Waals surface area contributed by atoms with Gasteiger partial charge >= 0.3 is 0 Å². The number of benzene rings is 2. The molecule has 2 aromatic carbocycles. The Hall–Kier alpha value is -2.82. The topological polar surface area (TPSA) is 67.4 Å². The third-order valence-electron chi connectivity index (χ3n) is 3.65. The van der Waals surface area contributed by atoms with Crippen LogP contribution in [0.25, 0.3) is 0 Å². The van der Waals surface area contributed by atoms with Gasteiger partial charge in [0.2, 0.25) is 0 Å². The number of nitrogens with one attached hydrogen (secondary N) is 2. The van der Waals surface area contributed by atoms with E-state index in [0.29, 0.717) is 23.5 Å². The van der Waals surface area contributed by atoms with E-state index in [1.54, 1.807) is 31.2 Å². The molecule has 0 radical (unpaired) electrons. The average Bonchev–Trinajstić information content (AvgIpc) is 2.62. The standard InChI is InChI=1S/C20H24N2O3/c1-4-13-21-20(24)16-7-9-17(10-8-16)22-19(23)15(3)25-18-11-5-14(2)6-12-18/h5-12,15H,4,13H2,1-3H3,(H,21,24)(H,22,23). The molecule has 2 amide bonds. The lowest BCUT2D eigenvalue weighted by Crippen LogP contribution is -2.30. The van der Waals surface area contributed by atoms with Crippen molar-refractivity contribution in [1.29, 1.82) is 0 Å². The number of rotatable bonds is 7. The summed E-state index contributed by atoms with van der Waals surface area (Å²) in [6.45, 7) is 6.33. The fourth-order valence-corrected chi connectivity index (χ4v) is 2.16. The molecule has 2 rings (SSSR count). The summed E-state index contributed by atoms with van der Waals surface area (Å²) in [5, 5.41) is 5.60. The van der Waals surface area contributed by atoms with Crippen LogP contribution in [0.15, 0.2) is 48.5 Å². The van der Waals surface area contributed by atoms with Crippen LogP contribution >= 0.6 is 0 Å². The quantitative estimate of drug-likeness (QED) is 0.810. The molecule has 132 valence electrons. The van der Waals surface area contributed by atoms with Crippen molar-refractivity contribution in [3.63, 3.8) is 0 Å². The number of hydrogen-bond donors (Lipinski definition) is 2. The fourth-order valence-electron chi connectivity index (χ4n) is 2.16. The highest BCUT2D eigenvalue weighted by Gasteiger charge is 2.15. The molecule has 0 saturated carbocycles. The predicted octanol–water partition coefficient (Wildman–Crippen LogP) is 3.54. The van der Waals surface area contributed by atoms with Crippen LogP contribution in [-0.4, -0.2) is 24.5 Å². The fraction of sp³-hybridized carbons (Fsp3) is 0.300. The summed E-state index contributed by atoms with van der Waals surface area (Å²) >= 11 is 0. The van der Waals surface area contributed by atoms with Crippen LogP contribution in [-0.2, 0) is 4.79 Å². The predicted molar refractivity (Wildman–Crippen MR) is 99.0 cm³/mol. The summed E-state index contributed by atoms with van der Waals surface area (Å²) in [5.74, 6) is 0.288. The molecule has 5 nitrogen and oxygen atoms in total. The van der Waals surface area contributed by atoms with E-state index in [2.05, 4.69) is 10.6 Å². The highest BCUT2D eigenvalue weighted by atomic mass is 16.5. The molecule has 1 unspecified atom stereocenters. The molecule has 5 heteroatoms. The van der Waals surface area contributed by atoms with Crippen LogP contribution in [0, 0.1) is 6.92 Å². The number of amides is 2. The second-order valence-electron chi connectivity index (χ2n) is 5.90. The minimum absolute atomic E-state index is 0.115. The highest BCUT2D eigenvalue weighted by Crippen LogP contribution is 2.15. The molecule has 0 bridgehead atoms. The van der Waals surface area contributed by atoms with Crippen LogP contribution in [0.1, 0.15) is 36.2 Å². The van der Waals surface area contributed by atoms with Crippen LogP contribution in [0.3, 0.4) is 0 Å². The van der Waals surface area contributed by atoms with E-state index in [-0.39, 0.29) is 11.8 Å². The number of anilines is 1. The molecule has 1 atom stereocenters. The number of aryl methyl sites for hydroxylation is 1. The monoisotopic (exact) mass is 340 g/mol. The SMILES string of the molecule is CCCNC(=O)c1ccc(NC(=O)C(C)Oc2ccc(C)cc2)cc1. The van der Waals surface area contributed by atoms with Gasteiger partial charge in [-0.3, -0.25) is 9.59 Å². The van der Waals surface area contributed by atoms with Crippen molar-refractivity contribution in [3.8, 4) is 5.75 Å². The summed E-state index contributed by atoms with van der Waals surface area (Å²) in [6.07, 6.45) is 0.258. The minimum atomic E-state index is -0.629. The van der Waals surface area contributed by atoms with Gasteiger partial charge in [0.15, 0.2) is 6.10 Å². The van der Waals surface area contributed by atoms with E-state index in [9.17, 15) is 9.59 Å². The maximum atomic E-state index is 12.2. The summed E-state index contributed by atoms with van der Waals surface area (Å²) in [5.41, 5.74) is 2.32. The summed E-state index contributed by atoms with van der Waals surface area (Å²) in [6, 6.07) is 14.3. The lowest BCUT2D eigenvalue weighted by molar-refractivity contribution is -0.122. The maximum absolute atomic E-state index is 12.2. The second-order valence-corrected chi connectivity index (χ2v) is 5.90. The van der Waals surface area contributed by atoms with Crippen molar-refractivity contribution < 1.29 is 14.3 Å². The number of carbonyl (C=O) groups is 2. The number of carbonyl (C=O) groups excluding carboxylic acids is 2. The molecule has 0 aliphatic rings. The molecule has 0 spiro atoms. The van der Waals surface area contributed by atoms with Gasteiger partial charge in [0.1, 0.15) is 5.75 Å². The van der Waals surface area contributed by atoms with Gasteiger partial charge in [-0.25, -0.2) is 0 Å². The van der Waals surface area contributed by atoms with Crippen molar-refractivity contribution in [3.05, 3.63) is 59.7 Å². The number of hydrogen-bond acceptors (Lipinski definition) is 3. The lowest BCUT2D eigenvalue weighted by atomic mass is 10.2. The van der Waals surface area contributed by atoms with Gasteiger partial charge in [0.25, 0.3) is 11.8 Å². The molecule has 0 aromatic heterocycles. The Bertz CT molecular complexity index is 709. The van der Waals surface area contributed by atoms with Gasteiger partial charge in [-0.15, -0.1) is 0 Å². The van der Waals surface area contributed by atoms with Crippen molar-refractivity contribution in [2.45, 2.75) is 33.3 Å². The summed E-state index contributed by atoms with van der Waals surface area (Å²) < 4.78 is 5.63. The Kier molecular flexibility index (Phi) is 6.57. The Labute approximate surface area is 148 Å². The molecule has 2 aromatic rings. The second kappa shape index (κ2) is 8.87. The lowest BCUT2D eigenvalue weighted by Gasteiger charge is -2.15. The van der Waals surface area contributed by atoms with Crippen LogP contribution < -0.4 is 15.4 Å². The molecule has 0 aliphatic carbocycles. The van der Waals surface area contributed by atoms with Crippen LogP contribution in [0.2, 0.25) is 0 Å². The van der Waals surface area contributed by atoms with Crippen molar-refractivity contribution in [1.82, 2.24) is 5.32 Å². The van der Waals surface area contributed by atoms with E-state index in [4.69, 9.17) is 4.74 Å². The first kappa shape index (κ1) is 18.5. The van der Waals surface area contributed by atoms with Gasteiger partial charge in [-0.2, -0.15) is 0 Å². The van der Waals surface area contributed by atoms with E-state index in [1.807, 2.05) is 38.1 Å². The third kappa shape index (κ3) is 5.64. The van der Waals surface area contributed by atoms with Crippen molar-refractivity contribution in [2.24, 2.45) is 0 Å². The Morgan fingerprint density at radius 1 is 1.04 bits per heavy atom. The van der Waals surface area contributed by atoms with Crippen molar-refractivity contribution in [2.75, 3.05) is 11.9 Å². The Balaban J connectivity index is 1.91. The van der Waals surface area contributed by atoms with Crippen molar-refractivity contribution >= 4 is 17.5 Å². The molecule has 0 fully saturated rings. The first-order chi connectivity index (χ1) is 12.0. The van der Waals surface area contributed by atoms with Gasteiger partial charge in [0.05, 0.1) is 0 Å². The van der Waals surface area contributed by atoms with E-state index >= 15 is 0 Å². The van der Waals surface area contributed by atoms with Gasteiger partial charge in [-0.1, -0.05) is 24.6 Å². The molecular weight excluding hydrogens is 316 g/mol. The largest absolute Gasteiger partial charge is 0.481 e. The zero-order valence-electron chi connectivity index (χ0n) is 14.8. The first-order valence-electron chi connectivity index (χ1n) is 8.42. The van der Waals surface area contributed by atoms with Gasteiger partial charge in [-0.05, 0) is 56.7 Å². The highest BCUT2D eigenvalue weighted by molar-refractivity contribution is 5.96. The van der Waals surface area contributed by atoms with Gasteiger partial charge in [0, 0.05) is 17.8 Å². The van der Waals surface area contributed by atoms with Crippen LogP contribution in [0.5, 0.6) is 5.75 Å². The van der Waals surface area contributed by atoms with E-state index in [0.717, 1.165) is 12.0 Å². The first-order valence-corrected chi connectivity index (χ1v) is 8.42. The molecule has 0 heterocycles. The molecule has 0 aliphatic heterocycles. The zero-order chi connectivity index (χ0) is 18.2. The van der Waals surface area contributed by atoms with E-state index < -0.39 is 6.10 Å². The zero-order valence-corrected chi connectivity index (χ0v) is 14.8. The maximum Gasteiger partial charge on any atom is 0.265 e. The Morgan fingerprint density at radius 3 is 2.28 bits per heavy atom.